The summed E-state index contributed by atoms with van der Waals surface area (Å²) in [6.45, 7) is 1.09. The van der Waals surface area contributed by atoms with Crippen LogP contribution in [0.15, 0.2) is 60.8 Å². The van der Waals surface area contributed by atoms with E-state index < -0.39 is 0 Å². The first kappa shape index (κ1) is 18.2. The lowest BCUT2D eigenvalue weighted by Crippen LogP contribution is -2.28. The van der Waals surface area contributed by atoms with E-state index in [4.69, 9.17) is 4.74 Å². The van der Waals surface area contributed by atoms with E-state index in [1.54, 1.807) is 7.11 Å². The van der Waals surface area contributed by atoms with Crippen molar-refractivity contribution >= 4 is 16.8 Å². The lowest BCUT2D eigenvalue weighted by molar-refractivity contribution is -0.121. The van der Waals surface area contributed by atoms with E-state index in [0.29, 0.717) is 19.6 Å². The highest BCUT2D eigenvalue weighted by atomic mass is 16.5. The maximum Gasteiger partial charge on any atom is 0.220 e. The van der Waals surface area contributed by atoms with E-state index in [-0.39, 0.29) is 11.8 Å². The number of aromatic amines is 1. The third kappa shape index (κ3) is 4.73. The summed E-state index contributed by atoms with van der Waals surface area (Å²) < 4.78 is 5.01. The Morgan fingerprint density at radius 3 is 2.69 bits per heavy atom. The molecular formula is C22H26N2O2. The number of carbonyl (C=O) groups excluding carboxylic acids is 1. The first-order valence-electron chi connectivity index (χ1n) is 9.13. The van der Waals surface area contributed by atoms with Crippen molar-refractivity contribution in [2.45, 2.75) is 25.2 Å². The number of rotatable bonds is 9. The summed E-state index contributed by atoms with van der Waals surface area (Å²) in [5, 5.41) is 4.15. The Hall–Kier alpha value is -2.59. The van der Waals surface area contributed by atoms with Crippen molar-refractivity contribution in [3.63, 3.8) is 0 Å². The van der Waals surface area contributed by atoms with Crippen molar-refractivity contribution in [1.82, 2.24) is 10.3 Å². The third-order valence-corrected chi connectivity index (χ3v) is 4.75. The van der Waals surface area contributed by atoms with Gasteiger partial charge < -0.3 is 15.0 Å². The fourth-order valence-corrected chi connectivity index (χ4v) is 3.37. The summed E-state index contributed by atoms with van der Waals surface area (Å²) in [6.07, 6.45) is 4.43. The number of H-pyrrole nitrogens is 1. The number of para-hydroxylation sites is 1. The van der Waals surface area contributed by atoms with E-state index in [1.165, 1.54) is 16.5 Å². The van der Waals surface area contributed by atoms with Gasteiger partial charge >= 0.3 is 0 Å². The molecule has 3 aromatic rings. The SMILES string of the molecule is COCCNC(=O)C[C@@H](CCc1ccccc1)c1c[nH]c2ccccc12. The molecule has 4 heteroatoms. The van der Waals surface area contributed by atoms with Gasteiger partial charge in [0.25, 0.3) is 0 Å². The summed E-state index contributed by atoms with van der Waals surface area (Å²) in [5.41, 5.74) is 3.64. The molecule has 0 aliphatic rings. The number of nitrogens with one attached hydrogen (secondary N) is 2. The van der Waals surface area contributed by atoms with Crippen LogP contribution in [-0.2, 0) is 16.0 Å². The van der Waals surface area contributed by atoms with Gasteiger partial charge in [-0.2, -0.15) is 0 Å². The molecule has 0 aliphatic carbocycles. The molecule has 1 amide bonds. The van der Waals surface area contributed by atoms with Crippen LogP contribution in [0.1, 0.15) is 29.9 Å². The molecule has 1 heterocycles. The Kier molecular flexibility index (Phi) is 6.45. The van der Waals surface area contributed by atoms with Gasteiger partial charge in [0.05, 0.1) is 6.61 Å². The van der Waals surface area contributed by atoms with Crippen molar-refractivity contribution in [3.8, 4) is 0 Å². The number of hydrogen-bond donors (Lipinski definition) is 2. The fraction of sp³-hybridized carbons (Fsp3) is 0.318. The van der Waals surface area contributed by atoms with Gasteiger partial charge in [0, 0.05) is 37.2 Å². The smallest absolute Gasteiger partial charge is 0.220 e. The second-order valence-corrected chi connectivity index (χ2v) is 6.56. The van der Waals surface area contributed by atoms with Crippen LogP contribution in [0.4, 0.5) is 0 Å². The Morgan fingerprint density at radius 1 is 1.12 bits per heavy atom. The van der Waals surface area contributed by atoms with E-state index in [2.05, 4.69) is 52.9 Å². The number of methoxy groups -OCH3 is 1. The molecule has 136 valence electrons. The summed E-state index contributed by atoms with van der Waals surface area (Å²) >= 11 is 0. The van der Waals surface area contributed by atoms with Crippen LogP contribution in [0.3, 0.4) is 0 Å². The zero-order valence-electron chi connectivity index (χ0n) is 15.2. The lowest BCUT2D eigenvalue weighted by atomic mass is 9.89. The van der Waals surface area contributed by atoms with E-state index in [0.717, 1.165) is 18.4 Å². The van der Waals surface area contributed by atoms with Gasteiger partial charge in [0.15, 0.2) is 0 Å². The van der Waals surface area contributed by atoms with Gasteiger partial charge in [0.1, 0.15) is 0 Å². The number of benzene rings is 2. The maximum atomic E-state index is 12.4. The molecule has 3 rings (SSSR count). The largest absolute Gasteiger partial charge is 0.383 e. The molecule has 0 aliphatic heterocycles. The highest BCUT2D eigenvalue weighted by Crippen LogP contribution is 2.31. The Balaban J connectivity index is 1.75. The number of hydrogen-bond acceptors (Lipinski definition) is 2. The predicted octanol–water partition coefficient (Wildman–Crippen LogP) is 4.04. The predicted molar refractivity (Wildman–Crippen MR) is 105 cm³/mol. The van der Waals surface area contributed by atoms with Gasteiger partial charge in [-0.25, -0.2) is 0 Å². The summed E-state index contributed by atoms with van der Waals surface area (Å²) in [5.74, 6) is 0.249. The van der Waals surface area contributed by atoms with E-state index >= 15 is 0 Å². The van der Waals surface area contributed by atoms with Crippen LogP contribution >= 0.6 is 0 Å². The van der Waals surface area contributed by atoms with Gasteiger partial charge in [-0.15, -0.1) is 0 Å². The standard InChI is InChI=1S/C22H26N2O2/c1-26-14-13-23-22(25)15-18(12-11-17-7-3-2-4-8-17)20-16-24-21-10-6-5-9-19(20)21/h2-10,16,18,24H,11-15H2,1H3,(H,23,25)/t18-/m1/s1. The summed E-state index contributed by atoms with van der Waals surface area (Å²) in [6, 6.07) is 18.7. The second-order valence-electron chi connectivity index (χ2n) is 6.56. The van der Waals surface area contributed by atoms with Crippen molar-refractivity contribution in [2.75, 3.05) is 20.3 Å². The molecule has 0 saturated heterocycles. The van der Waals surface area contributed by atoms with Gasteiger partial charge in [-0.1, -0.05) is 48.5 Å². The highest BCUT2D eigenvalue weighted by molar-refractivity contribution is 5.85. The molecule has 2 N–H and O–H groups in total. The topological polar surface area (TPSA) is 54.1 Å². The number of ether oxygens (including phenoxy) is 1. The first-order valence-corrected chi connectivity index (χ1v) is 9.13. The molecule has 0 bridgehead atoms. The Bertz CT molecular complexity index is 826. The van der Waals surface area contributed by atoms with Crippen LogP contribution in [0.2, 0.25) is 0 Å². The average molecular weight is 350 g/mol. The summed E-state index contributed by atoms with van der Waals surface area (Å²) in [4.78, 5) is 15.7. The lowest BCUT2D eigenvalue weighted by Gasteiger charge is -2.17. The van der Waals surface area contributed by atoms with Crippen LogP contribution in [0.25, 0.3) is 10.9 Å². The summed E-state index contributed by atoms with van der Waals surface area (Å²) in [7, 11) is 1.64. The number of aromatic nitrogens is 1. The second kappa shape index (κ2) is 9.20. The van der Waals surface area contributed by atoms with Crippen LogP contribution in [-0.4, -0.2) is 31.2 Å². The first-order chi connectivity index (χ1) is 12.8. The molecule has 0 spiro atoms. The highest BCUT2D eigenvalue weighted by Gasteiger charge is 2.19. The van der Waals surface area contributed by atoms with Crippen LogP contribution in [0, 0.1) is 0 Å². The molecule has 0 radical (unpaired) electrons. The van der Waals surface area contributed by atoms with Gasteiger partial charge in [-0.05, 0) is 36.0 Å². The molecule has 1 atom stereocenters. The minimum atomic E-state index is 0.0744. The van der Waals surface area contributed by atoms with Crippen LogP contribution in [0.5, 0.6) is 0 Å². The zero-order chi connectivity index (χ0) is 18.2. The van der Waals surface area contributed by atoms with Crippen molar-refractivity contribution in [1.29, 1.82) is 0 Å². The number of amides is 1. The van der Waals surface area contributed by atoms with Gasteiger partial charge in [0.2, 0.25) is 5.91 Å². The van der Waals surface area contributed by atoms with Crippen molar-refractivity contribution < 1.29 is 9.53 Å². The molecule has 2 aromatic carbocycles. The molecular weight excluding hydrogens is 324 g/mol. The number of aryl methyl sites for hydroxylation is 1. The monoisotopic (exact) mass is 350 g/mol. The average Bonchev–Trinajstić information content (AvgIpc) is 3.10. The maximum absolute atomic E-state index is 12.4. The molecule has 1 aromatic heterocycles. The third-order valence-electron chi connectivity index (χ3n) is 4.75. The fourth-order valence-electron chi connectivity index (χ4n) is 3.37. The molecule has 0 unspecified atom stereocenters. The number of carbonyl (C=O) groups is 1. The quantitative estimate of drug-likeness (QED) is 0.572. The van der Waals surface area contributed by atoms with Crippen LogP contribution < -0.4 is 5.32 Å². The molecule has 0 fully saturated rings. The Morgan fingerprint density at radius 2 is 1.88 bits per heavy atom. The minimum Gasteiger partial charge on any atom is -0.383 e. The molecule has 4 nitrogen and oxygen atoms in total. The number of fused-ring (bicyclic) bond motifs is 1. The van der Waals surface area contributed by atoms with Crippen molar-refractivity contribution in [2.24, 2.45) is 0 Å². The zero-order valence-corrected chi connectivity index (χ0v) is 15.2. The Labute approximate surface area is 154 Å². The van der Waals surface area contributed by atoms with E-state index in [1.807, 2.05) is 18.2 Å². The minimum absolute atomic E-state index is 0.0744. The molecule has 0 saturated carbocycles. The van der Waals surface area contributed by atoms with E-state index in [9.17, 15) is 4.79 Å². The van der Waals surface area contributed by atoms with Gasteiger partial charge in [-0.3, -0.25) is 4.79 Å². The van der Waals surface area contributed by atoms with Crippen molar-refractivity contribution in [3.05, 3.63) is 71.9 Å². The normalized spacial score (nSPS) is 12.2. The molecule has 26 heavy (non-hydrogen) atoms.